The van der Waals surface area contributed by atoms with E-state index in [-0.39, 0.29) is 22.2 Å². The molecule has 0 radical (unpaired) electrons. The smallest absolute Gasteiger partial charge is 0.353 e. The van der Waals surface area contributed by atoms with Gasteiger partial charge in [0.25, 0.3) is 11.8 Å². The van der Waals surface area contributed by atoms with Crippen molar-refractivity contribution in [2.75, 3.05) is 16.6 Å². The molecule has 2 aliphatic rings. The monoisotopic (exact) mass is 528 g/mol. The van der Waals surface area contributed by atoms with Crippen LogP contribution in [0.15, 0.2) is 32.6 Å². The first-order valence-electron chi connectivity index (χ1n) is 9.06. The van der Waals surface area contributed by atoms with Crippen LogP contribution in [0.2, 0.25) is 0 Å². The summed E-state index contributed by atoms with van der Waals surface area (Å²) in [5.41, 5.74) is 5.14. The van der Waals surface area contributed by atoms with Crippen LogP contribution in [0.1, 0.15) is 5.69 Å². The molecular weight excluding hydrogens is 512 g/mol. The molecule has 2 aromatic rings. The largest absolute Gasteiger partial charge is 0.477 e. The van der Waals surface area contributed by atoms with E-state index in [1.165, 1.54) is 51.9 Å². The average molecular weight is 529 g/mol. The van der Waals surface area contributed by atoms with Crippen molar-refractivity contribution < 1.29 is 24.7 Å². The third-order valence-electron chi connectivity index (χ3n) is 4.59. The molecule has 1 saturated heterocycles. The number of carbonyl (C=O) groups excluding carboxylic acids is 2. The highest BCUT2D eigenvalue weighted by molar-refractivity contribution is 8.18. The predicted molar refractivity (Wildman–Crippen MR) is 124 cm³/mol. The molecule has 2 atom stereocenters. The molecule has 0 spiro atoms. The Morgan fingerprint density at radius 3 is 2.82 bits per heavy atom. The zero-order valence-corrected chi connectivity index (χ0v) is 20.0. The van der Waals surface area contributed by atoms with E-state index in [1.54, 1.807) is 11.7 Å². The van der Waals surface area contributed by atoms with Gasteiger partial charge >= 0.3 is 5.97 Å². The maximum absolute atomic E-state index is 12.8. The second-order valence-electron chi connectivity index (χ2n) is 6.53. The fraction of sp³-hybridized carbons (Fsp3) is 0.312. The summed E-state index contributed by atoms with van der Waals surface area (Å²) >= 11 is 5.11. The highest BCUT2D eigenvalue weighted by atomic mass is 32.2. The van der Waals surface area contributed by atoms with Crippen molar-refractivity contribution in [2.45, 2.75) is 16.6 Å². The van der Waals surface area contributed by atoms with Crippen molar-refractivity contribution in [2.24, 2.45) is 12.2 Å². The van der Waals surface area contributed by atoms with Gasteiger partial charge in [-0.2, -0.15) is 5.10 Å². The molecule has 0 saturated carbocycles. The second kappa shape index (κ2) is 9.62. The summed E-state index contributed by atoms with van der Waals surface area (Å²) in [6.07, 6.45) is 1.43. The first-order chi connectivity index (χ1) is 15.8. The topological polar surface area (TPSA) is 189 Å². The van der Waals surface area contributed by atoms with Crippen LogP contribution in [0.25, 0.3) is 0 Å². The number of rotatable bonds is 8. The number of thioether (sulfide) groups is 3. The standard InChI is InChI=1S/C16H16N8O5S4/c1-23-16(18-4-19-23)33-5-32-7-3-30-13-9(12(26)24(13)10(7)14(27)28)21-11(25)8(22-29)6-2-31-15(17)20-6/h2,4,9,13,29H,3,5H2,1H3,(H2,17,20)(H,21,25)(H,27,28)/b22-8-/t9-,13-/m1/s1. The number of carbonyl (C=O) groups is 3. The van der Waals surface area contributed by atoms with Gasteiger partial charge in [-0.15, -0.1) is 34.9 Å². The van der Waals surface area contributed by atoms with Crippen LogP contribution in [-0.2, 0) is 21.4 Å². The van der Waals surface area contributed by atoms with Crippen molar-refractivity contribution in [3.05, 3.63) is 28.0 Å². The number of carboxylic acids is 1. The molecule has 17 heteroatoms. The number of nitrogen functional groups attached to an aromatic ring is 1. The fourth-order valence-corrected chi connectivity index (χ4v) is 7.27. The Hall–Kier alpha value is -2.76. The molecule has 2 amide bonds. The van der Waals surface area contributed by atoms with Crippen LogP contribution in [-0.4, -0.2) is 80.7 Å². The minimum atomic E-state index is -1.22. The molecule has 0 unspecified atom stereocenters. The van der Waals surface area contributed by atoms with E-state index < -0.39 is 29.2 Å². The van der Waals surface area contributed by atoms with Crippen molar-refractivity contribution in [1.82, 2.24) is 30.0 Å². The first-order valence-corrected chi connectivity index (χ1v) is 13.0. The second-order valence-corrected chi connectivity index (χ2v) is 10.9. The molecule has 0 aliphatic carbocycles. The average Bonchev–Trinajstić information content (AvgIpc) is 3.39. The maximum Gasteiger partial charge on any atom is 0.353 e. The van der Waals surface area contributed by atoms with Gasteiger partial charge < -0.3 is 21.4 Å². The Morgan fingerprint density at radius 1 is 1.42 bits per heavy atom. The minimum Gasteiger partial charge on any atom is -0.477 e. The van der Waals surface area contributed by atoms with E-state index in [2.05, 4.69) is 25.5 Å². The number of fused-ring (bicyclic) bond motifs is 1. The Balaban J connectivity index is 1.44. The van der Waals surface area contributed by atoms with Crippen LogP contribution in [0.3, 0.4) is 0 Å². The highest BCUT2D eigenvalue weighted by Gasteiger charge is 2.54. The highest BCUT2D eigenvalue weighted by Crippen LogP contribution is 2.44. The summed E-state index contributed by atoms with van der Waals surface area (Å²) in [5, 5.41) is 30.7. The Bertz CT molecular complexity index is 1180. The molecule has 5 N–H and O–H groups in total. The van der Waals surface area contributed by atoms with Gasteiger partial charge in [0.05, 0.1) is 5.08 Å². The number of nitrogens with two attached hydrogens (primary N) is 1. The molecule has 13 nitrogen and oxygen atoms in total. The van der Waals surface area contributed by atoms with Crippen molar-refractivity contribution in [3.8, 4) is 0 Å². The van der Waals surface area contributed by atoms with Gasteiger partial charge in [-0.1, -0.05) is 16.9 Å². The van der Waals surface area contributed by atoms with Gasteiger partial charge in [-0.05, 0) is 0 Å². The summed E-state index contributed by atoms with van der Waals surface area (Å²) in [6.45, 7) is 0. The number of aryl methyl sites for hydroxylation is 1. The summed E-state index contributed by atoms with van der Waals surface area (Å²) in [6, 6.07) is -0.968. The lowest BCUT2D eigenvalue weighted by Gasteiger charge is -2.49. The van der Waals surface area contributed by atoms with Crippen LogP contribution < -0.4 is 11.1 Å². The number of nitrogens with zero attached hydrogens (tertiary/aromatic N) is 6. The molecule has 4 heterocycles. The zero-order chi connectivity index (χ0) is 23.7. The van der Waals surface area contributed by atoms with Gasteiger partial charge in [0.1, 0.15) is 29.1 Å². The molecule has 0 bridgehead atoms. The molecule has 33 heavy (non-hydrogen) atoms. The molecule has 0 aromatic carbocycles. The molecule has 2 aliphatic heterocycles. The van der Waals surface area contributed by atoms with E-state index in [0.29, 0.717) is 20.9 Å². The van der Waals surface area contributed by atoms with E-state index in [9.17, 15) is 24.7 Å². The third kappa shape index (κ3) is 4.53. The third-order valence-corrected chi connectivity index (χ3v) is 8.99. The van der Waals surface area contributed by atoms with Gasteiger partial charge in [-0.25, -0.2) is 19.4 Å². The molecule has 2 aromatic heterocycles. The van der Waals surface area contributed by atoms with Crippen LogP contribution in [0, 0.1) is 0 Å². The lowest BCUT2D eigenvalue weighted by atomic mass is 10.0. The number of aliphatic carboxylic acids is 1. The van der Waals surface area contributed by atoms with E-state index in [1.807, 2.05) is 0 Å². The Morgan fingerprint density at radius 2 is 2.21 bits per heavy atom. The maximum atomic E-state index is 12.8. The molecule has 1 fully saturated rings. The summed E-state index contributed by atoms with van der Waals surface area (Å²) in [7, 11) is 1.76. The van der Waals surface area contributed by atoms with E-state index in [0.717, 1.165) is 11.3 Å². The lowest BCUT2D eigenvalue weighted by molar-refractivity contribution is -0.150. The zero-order valence-electron chi connectivity index (χ0n) is 16.7. The minimum absolute atomic E-state index is 0.0719. The quantitative estimate of drug-likeness (QED) is 0.0911. The number of hydrogen-bond donors (Lipinski definition) is 4. The number of oxime groups is 1. The summed E-state index contributed by atoms with van der Waals surface area (Å²) in [5.74, 6) is -2.24. The van der Waals surface area contributed by atoms with Crippen molar-refractivity contribution in [3.63, 3.8) is 0 Å². The Kier molecular flexibility index (Phi) is 6.82. The molecule has 4 rings (SSSR count). The van der Waals surface area contributed by atoms with Gasteiger partial charge in [0.2, 0.25) is 0 Å². The SMILES string of the molecule is Cn1ncnc1SCSC1=C(C(=O)O)N2C(=O)[C@@H](NC(=O)/C(=N\O)c3csc(N)n3)[C@H]2SC1. The summed E-state index contributed by atoms with van der Waals surface area (Å²) < 4.78 is 1.61. The predicted octanol–water partition coefficient (Wildman–Crippen LogP) is 0.211. The number of thiazole rings is 1. The van der Waals surface area contributed by atoms with Gasteiger partial charge in [-0.3, -0.25) is 14.5 Å². The van der Waals surface area contributed by atoms with E-state index in [4.69, 9.17) is 5.73 Å². The van der Waals surface area contributed by atoms with Gasteiger partial charge in [0.15, 0.2) is 16.0 Å². The van der Waals surface area contributed by atoms with Crippen LogP contribution in [0.5, 0.6) is 0 Å². The first kappa shape index (κ1) is 23.4. The number of carboxylic acid groups (broad SMARTS) is 1. The summed E-state index contributed by atoms with van der Waals surface area (Å²) in [4.78, 5) is 47.0. The number of β-lactam (4-membered cyclic amide) rings is 1. The van der Waals surface area contributed by atoms with Gasteiger partial charge in [0, 0.05) is 23.1 Å². The number of aromatic nitrogens is 4. The normalized spacial score (nSPS) is 20.5. The molecular formula is C16H16N8O5S4. The van der Waals surface area contributed by atoms with Crippen LogP contribution in [0.4, 0.5) is 5.13 Å². The van der Waals surface area contributed by atoms with Crippen molar-refractivity contribution in [1.29, 1.82) is 0 Å². The van der Waals surface area contributed by atoms with Crippen molar-refractivity contribution >= 4 is 75.2 Å². The number of hydrogen-bond acceptors (Lipinski definition) is 13. The number of nitrogens with one attached hydrogen (secondary N) is 1. The number of amides is 2. The number of anilines is 1. The fourth-order valence-electron chi connectivity index (χ4n) is 3.09. The van der Waals surface area contributed by atoms with E-state index >= 15 is 0 Å². The van der Waals surface area contributed by atoms with Crippen LogP contribution >= 0.6 is 46.6 Å². The Labute approximate surface area is 202 Å². The molecule has 174 valence electrons. The lowest BCUT2D eigenvalue weighted by Crippen LogP contribution is -2.71.